The lowest BCUT2D eigenvalue weighted by atomic mass is 9.83. The fraction of sp³-hybridized carbons (Fsp3) is 0.208. The van der Waals surface area contributed by atoms with Crippen molar-refractivity contribution in [1.82, 2.24) is 4.98 Å². The zero-order chi connectivity index (χ0) is 21.3. The number of Topliss-reactive ketones (excluding diaryl/α,β-unsaturated/α-hetero) is 1. The van der Waals surface area contributed by atoms with Crippen LogP contribution >= 0.6 is 0 Å². The van der Waals surface area contributed by atoms with E-state index in [1.54, 1.807) is 42.7 Å². The number of hydrogen-bond donors (Lipinski definition) is 1. The predicted molar refractivity (Wildman–Crippen MR) is 112 cm³/mol. The minimum atomic E-state index is -0.545. The van der Waals surface area contributed by atoms with E-state index in [0.717, 1.165) is 11.1 Å². The Hall–Kier alpha value is -3.67. The summed E-state index contributed by atoms with van der Waals surface area (Å²) < 4.78 is 12.1. The van der Waals surface area contributed by atoms with Crippen LogP contribution in [0, 0.1) is 5.41 Å². The van der Waals surface area contributed by atoms with Crippen molar-refractivity contribution in [2.24, 2.45) is 11.1 Å². The smallest absolute Gasteiger partial charge is 0.248 e. The highest BCUT2D eigenvalue weighted by Gasteiger charge is 2.36. The van der Waals surface area contributed by atoms with Crippen LogP contribution in [0.3, 0.4) is 0 Å². The Labute approximate surface area is 174 Å². The monoisotopic (exact) mass is 402 g/mol. The highest BCUT2D eigenvalue weighted by atomic mass is 16.5. The van der Waals surface area contributed by atoms with Crippen LogP contribution in [0.1, 0.15) is 51.8 Å². The molecule has 0 saturated heterocycles. The molecule has 0 aliphatic carbocycles. The third-order valence-corrected chi connectivity index (χ3v) is 5.16. The molecular formula is C24H22N2O4. The van der Waals surface area contributed by atoms with Gasteiger partial charge in [-0.2, -0.15) is 0 Å². The van der Waals surface area contributed by atoms with Crippen LogP contribution in [0.4, 0.5) is 0 Å². The number of nitrogens with two attached hydrogens (primary N) is 1. The number of primary amides is 1. The van der Waals surface area contributed by atoms with Crippen molar-refractivity contribution in [1.29, 1.82) is 0 Å². The normalized spacial score (nSPS) is 15.6. The van der Waals surface area contributed by atoms with E-state index in [1.165, 1.54) is 0 Å². The maximum absolute atomic E-state index is 12.6. The number of ketones is 1. The van der Waals surface area contributed by atoms with E-state index >= 15 is 0 Å². The average Bonchev–Trinajstić information content (AvgIpc) is 2.75. The lowest BCUT2D eigenvalue weighted by Crippen LogP contribution is -2.35. The van der Waals surface area contributed by atoms with Gasteiger partial charge in [0.2, 0.25) is 5.91 Å². The van der Waals surface area contributed by atoms with Gasteiger partial charge in [-0.1, -0.05) is 12.1 Å². The van der Waals surface area contributed by atoms with E-state index in [4.69, 9.17) is 15.2 Å². The number of ether oxygens (including phenoxy) is 2. The fourth-order valence-corrected chi connectivity index (χ4v) is 3.40. The zero-order valence-corrected chi connectivity index (χ0v) is 16.8. The Morgan fingerprint density at radius 3 is 2.40 bits per heavy atom. The number of amides is 1. The summed E-state index contributed by atoms with van der Waals surface area (Å²) >= 11 is 0. The molecule has 3 aromatic rings. The van der Waals surface area contributed by atoms with Crippen LogP contribution in [0.2, 0.25) is 0 Å². The van der Waals surface area contributed by atoms with Gasteiger partial charge < -0.3 is 15.2 Å². The van der Waals surface area contributed by atoms with Crippen molar-refractivity contribution in [3.05, 3.63) is 89.2 Å². The molecule has 0 bridgehead atoms. The third kappa shape index (κ3) is 3.76. The summed E-state index contributed by atoms with van der Waals surface area (Å²) in [7, 11) is 0. The molecule has 0 spiro atoms. The van der Waals surface area contributed by atoms with Crippen LogP contribution in [-0.4, -0.2) is 23.3 Å². The summed E-state index contributed by atoms with van der Waals surface area (Å²) in [6.45, 7) is 4.07. The van der Waals surface area contributed by atoms with Crippen molar-refractivity contribution in [2.75, 3.05) is 6.61 Å². The molecule has 30 heavy (non-hydrogen) atoms. The van der Waals surface area contributed by atoms with E-state index in [0.29, 0.717) is 29.2 Å². The lowest BCUT2D eigenvalue weighted by Gasteiger charge is -2.30. The SMILES string of the molecule is CC1(C)COc2cc(O[C@H](c3ccncc3)c3ccc(C(N)=O)cc3)ccc2C1=O. The molecule has 0 fully saturated rings. The second kappa shape index (κ2) is 7.63. The van der Waals surface area contributed by atoms with Gasteiger partial charge in [0.15, 0.2) is 5.78 Å². The lowest BCUT2D eigenvalue weighted by molar-refractivity contribution is 0.0691. The van der Waals surface area contributed by atoms with Crippen molar-refractivity contribution >= 4 is 11.7 Å². The van der Waals surface area contributed by atoms with Gasteiger partial charge in [-0.05, 0) is 61.4 Å². The first kappa shape index (κ1) is 19.6. The number of carbonyl (C=O) groups excluding carboxylic acids is 2. The summed E-state index contributed by atoms with van der Waals surface area (Å²) in [6, 6.07) is 16.0. The van der Waals surface area contributed by atoms with Gasteiger partial charge in [0.1, 0.15) is 24.2 Å². The standard InChI is InChI=1S/C24H22N2O4/c1-24(2)14-29-20-13-18(7-8-19(20)22(24)27)30-21(16-9-11-26-12-10-16)15-3-5-17(6-4-15)23(25)28/h3-13,21H,14H2,1-2H3,(H2,25,28)/t21-/m0/s1. The largest absolute Gasteiger partial charge is 0.492 e. The van der Waals surface area contributed by atoms with E-state index in [2.05, 4.69) is 4.98 Å². The van der Waals surface area contributed by atoms with E-state index in [1.807, 2.05) is 38.1 Å². The summed E-state index contributed by atoms with van der Waals surface area (Å²) in [4.78, 5) is 28.1. The first-order valence-electron chi connectivity index (χ1n) is 9.63. The summed E-state index contributed by atoms with van der Waals surface area (Å²) in [6.07, 6.45) is 2.95. The molecule has 1 amide bonds. The maximum Gasteiger partial charge on any atom is 0.248 e. The Balaban J connectivity index is 1.68. The first-order chi connectivity index (χ1) is 14.3. The molecule has 1 aliphatic rings. The molecule has 2 N–H and O–H groups in total. The maximum atomic E-state index is 12.6. The second-order valence-corrected chi connectivity index (χ2v) is 7.92. The quantitative estimate of drug-likeness (QED) is 0.698. The molecule has 1 aliphatic heterocycles. The minimum absolute atomic E-state index is 0.0584. The molecule has 0 saturated carbocycles. The van der Waals surface area contributed by atoms with Gasteiger partial charge in [-0.3, -0.25) is 14.6 Å². The number of hydrogen-bond acceptors (Lipinski definition) is 5. The topological polar surface area (TPSA) is 91.5 Å². The number of carbonyl (C=O) groups is 2. The van der Waals surface area contributed by atoms with Crippen molar-refractivity contribution in [3.63, 3.8) is 0 Å². The number of benzene rings is 2. The second-order valence-electron chi connectivity index (χ2n) is 7.92. The van der Waals surface area contributed by atoms with Crippen molar-refractivity contribution in [3.8, 4) is 11.5 Å². The molecule has 6 nitrogen and oxygen atoms in total. The van der Waals surface area contributed by atoms with Crippen molar-refractivity contribution < 1.29 is 19.1 Å². The third-order valence-electron chi connectivity index (χ3n) is 5.16. The fourth-order valence-electron chi connectivity index (χ4n) is 3.40. The molecule has 6 heteroatoms. The van der Waals surface area contributed by atoms with Gasteiger partial charge in [-0.15, -0.1) is 0 Å². The zero-order valence-electron chi connectivity index (χ0n) is 16.8. The van der Waals surface area contributed by atoms with E-state index in [9.17, 15) is 9.59 Å². The van der Waals surface area contributed by atoms with E-state index < -0.39 is 17.4 Å². The Morgan fingerprint density at radius 1 is 1.07 bits per heavy atom. The van der Waals surface area contributed by atoms with Crippen molar-refractivity contribution in [2.45, 2.75) is 20.0 Å². The molecule has 0 unspecified atom stereocenters. The molecule has 2 heterocycles. The number of aromatic nitrogens is 1. The highest BCUT2D eigenvalue weighted by molar-refractivity contribution is 6.03. The molecule has 4 rings (SSSR count). The van der Waals surface area contributed by atoms with Gasteiger partial charge >= 0.3 is 0 Å². The Morgan fingerprint density at radius 2 is 1.73 bits per heavy atom. The summed E-state index contributed by atoms with van der Waals surface area (Å²) in [5, 5.41) is 0. The van der Waals surface area contributed by atoms with Gasteiger partial charge in [0.25, 0.3) is 0 Å². The first-order valence-corrected chi connectivity index (χ1v) is 9.63. The number of nitrogens with zero attached hydrogens (tertiary/aromatic N) is 1. The number of rotatable bonds is 5. The highest BCUT2D eigenvalue weighted by Crippen LogP contribution is 2.38. The van der Waals surface area contributed by atoms with Gasteiger partial charge in [-0.25, -0.2) is 0 Å². The van der Waals surface area contributed by atoms with Crippen LogP contribution in [0.15, 0.2) is 67.0 Å². The Kier molecular flexibility index (Phi) is 4.99. The molecule has 152 valence electrons. The average molecular weight is 402 g/mol. The van der Waals surface area contributed by atoms with Crippen LogP contribution in [-0.2, 0) is 0 Å². The minimum Gasteiger partial charge on any atom is -0.492 e. The molecule has 2 aromatic carbocycles. The molecule has 1 atom stereocenters. The molecule has 1 aromatic heterocycles. The molecular weight excluding hydrogens is 380 g/mol. The van der Waals surface area contributed by atoms with Gasteiger partial charge in [0, 0.05) is 24.0 Å². The van der Waals surface area contributed by atoms with E-state index in [-0.39, 0.29) is 5.78 Å². The Bertz CT molecular complexity index is 1090. The van der Waals surface area contributed by atoms with Gasteiger partial charge in [0.05, 0.1) is 11.0 Å². The molecule has 0 radical (unpaired) electrons. The van der Waals surface area contributed by atoms with Crippen LogP contribution < -0.4 is 15.2 Å². The van der Waals surface area contributed by atoms with Crippen LogP contribution in [0.5, 0.6) is 11.5 Å². The van der Waals surface area contributed by atoms with Crippen LogP contribution in [0.25, 0.3) is 0 Å². The predicted octanol–water partition coefficient (Wildman–Crippen LogP) is 3.95. The number of fused-ring (bicyclic) bond motifs is 1. The number of pyridine rings is 1. The summed E-state index contributed by atoms with van der Waals surface area (Å²) in [5.74, 6) is 0.668. The summed E-state index contributed by atoms with van der Waals surface area (Å²) in [5.41, 5.74) is 7.54.